The van der Waals surface area contributed by atoms with Gasteiger partial charge in [0.2, 0.25) is 0 Å². The second-order valence-corrected chi connectivity index (χ2v) is 5.62. The number of imide groups is 1. The number of benzene rings is 1. The number of carbonyl (C=O) groups is 3. The molecule has 2 aliphatic rings. The minimum Gasteiger partial charge on any atom is -0.385 e. The monoisotopic (exact) mass is 302 g/mol. The van der Waals surface area contributed by atoms with Crippen LogP contribution in [0.4, 0.5) is 0 Å². The van der Waals surface area contributed by atoms with Crippen molar-refractivity contribution in [3.63, 3.8) is 0 Å². The third-order valence-electron chi connectivity index (χ3n) is 3.88. The standard InChI is InChI=1S/C16H18N2O4/c1-22-8-2-7-18-15(20)12-6-3-10(9-13(12)16(18)21)14(19)17-11-4-5-11/h3,6,9,11H,2,4-5,7-8H2,1H3,(H,17,19). The zero-order valence-electron chi connectivity index (χ0n) is 12.4. The Bertz CT molecular complexity index is 637. The third-order valence-corrected chi connectivity index (χ3v) is 3.88. The molecule has 6 heteroatoms. The predicted molar refractivity (Wildman–Crippen MR) is 78.8 cm³/mol. The molecule has 1 aromatic rings. The van der Waals surface area contributed by atoms with E-state index < -0.39 is 0 Å². The zero-order chi connectivity index (χ0) is 15.7. The number of fused-ring (bicyclic) bond motifs is 1. The molecule has 3 rings (SSSR count). The molecule has 0 bridgehead atoms. The van der Waals surface area contributed by atoms with Gasteiger partial charge in [-0.05, 0) is 37.5 Å². The lowest BCUT2D eigenvalue weighted by molar-refractivity contribution is 0.0638. The van der Waals surface area contributed by atoms with Crippen molar-refractivity contribution in [1.29, 1.82) is 0 Å². The highest BCUT2D eigenvalue weighted by Gasteiger charge is 2.35. The van der Waals surface area contributed by atoms with Crippen LogP contribution in [0.15, 0.2) is 18.2 Å². The van der Waals surface area contributed by atoms with Gasteiger partial charge in [0.05, 0.1) is 11.1 Å². The van der Waals surface area contributed by atoms with Crippen LogP contribution >= 0.6 is 0 Å². The summed E-state index contributed by atoms with van der Waals surface area (Å²) in [6, 6.07) is 4.93. The fraction of sp³-hybridized carbons (Fsp3) is 0.438. The number of hydrogen-bond donors (Lipinski definition) is 1. The van der Waals surface area contributed by atoms with Crippen molar-refractivity contribution >= 4 is 17.7 Å². The Kier molecular flexibility index (Phi) is 3.94. The fourth-order valence-corrected chi connectivity index (χ4v) is 2.50. The summed E-state index contributed by atoms with van der Waals surface area (Å²) in [6.45, 7) is 0.812. The summed E-state index contributed by atoms with van der Waals surface area (Å²) in [5, 5.41) is 2.88. The Labute approximate surface area is 128 Å². The van der Waals surface area contributed by atoms with Gasteiger partial charge in [-0.3, -0.25) is 19.3 Å². The summed E-state index contributed by atoms with van der Waals surface area (Å²) >= 11 is 0. The molecule has 1 aliphatic heterocycles. The number of rotatable bonds is 6. The summed E-state index contributed by atoms with van der Waals surface area (Å²) < 4.78 is 4.94. The molecule has 0 aromatic heterocycles. The van der Waals surface area contributed by atoms with Gasteiger partial charge in [-0.2, -0.15) is 0 Å². The minimum absolute atomic E-state index is 0.191. The summed E-state index contributed by atoms with van der Waals surface area (Å²) in [4.78, 5) is 37.8. The van der Waals surface area contributed by atoms with Gasteiger partial charge in [-0.1, -0.05) is 0 Å². The van der Waals surface area contributed by atoms with E-state index in [1.165, 1.54) is 11.0 Å². The lowest BCUT2D eigenvalue weighted by atomic mass is 10.1. The molecule has 1 N–H and O–H groups in total. The number of ether oxygens (including phenoxy) is 1. The van der Waals surface area contributed by atoms with Gasteiger partial charge < -0.3 is 10.1 Å². The summed E-state index contributed by atoms with van der Waals surface area (Å²) in [7, 11) is 1.58. The third kappa shape index (κ3) is 2.74. The molecule has 3 amide bonds. The summed E-state index contributed by atoms with van der Waals surface area (Å²) in [6.07, 6.45) is 2.60. The highest BCUT2D eigenvalue weighted by Crippen LogP contribution is 2.25. The first-order valence-corrected chi connectivity index (χ1v) is 7.42. The van der Waals surface area contributed by atoms with Crippen LogP contribution < -0.4 is 5.32 Å². The lowest BCUT2D eigenvalue weighted by Crippen LogP contribution is -2.31. The number of nitrogens with zero attached hydrogens (tertiary/aromatic N) is 1. The Morgan fingerprint density at radius 2 is 2.00 bits per heavy atom. The molecule has 116 valence electrons. The first kappa shape index (κ1) is 14.7. The van der Waals surface area contributed by atoms with Crippen LogP contribution in [0.2, 0.25) is 0 Å². The van der Waals surface area contributed by atoms with Gasteiger partial charge >= 0.3 is 0 Å². The number of amides is 3. The largest absolute Gasteiger partial charge is 0.385 e. The second kappa shape index (κ2) is 5.88. The molecule has 0 spiro atoms. The zero-order valence-corrected chi connectivity index (χ0v) is 12.4. The van der Waals surface area contributed by atoms with Crippen molar-refractivity contribution in [1.82, 2.24) is 10.2 Å². The molecule has 0 saturated heterocycles. The van der Waals surface area contributed by atoms with E-state index in [-0.39, 0.29) is 23.8 Å². The number of carbonyl (C=O) groups excluding carboxylic acids is 3. The van der Waals surface area contributed by atoms with Crippen molar-refractivity contribution in [3.05, 3.63) is 34.9 Å². The van der Waals surface area contributed by atoms with Crippen LogP contribution in [0, 0.1) is 0 Å². The maximum absolute atomic E-state index is 12.3. The molecule has 0 radical (unpaired) electrons. The molecule has 1 saturated carbocycles. The molecule has 1 aromatic carbocycles. The molecule has 0 unspecified atom stereocenters. The van der Waals surface area contributed by atoms with Gasteiger partial charge in [0.1, 0.15) is 0 Å². The first-order chi connectivity index (χ1) is 10.6. The van der Waals surface area contributed by atoms with E-state index in [4.69, 9.17) is 4.74 Å². The van der Waals surface area contributed by atoms with Gasteiger partial charge in [0.15, 0.2) is 0 Å². The van der Waals surface area contributed by atoms with Gasteiger partial charge in [0.25, 0.3) is 17.7 Å². The van der Waals surface area contributed by atoms with E-state index in [0.29, 0.717) is 36.3 Å². The Hall–Kier alpha value is -2.21. The van der Waals surface area contributed by atoms with E-state index >= 15 is 0 Å². The molecule has 1 heterocycles. The number of nitrogens with one attached hydrogen (secondary N) is 1. The van der Waals surface area contributed by atoms with Gasteiger partial charge in [-0.25, -0.2) is 0 Å². The molecule has 6 nitrogen and oxygen atoms in total. The normalized spacial score (nSPS) is 16.9. The van der Waals surface area contributed by atoms with Crippen molar-refractivity contribution in [2.45, 2.75) is 25.3 Å². The first-order valence-electron chi connectivity index (χ1n) is 7.42. The average Bonchev–Trinajstić information content (AvgIpc) is 3.30. The highest BCUT2D eigenvalue weighted by molar-refractivity contribution is 6.22. The van der Waals surface area contributed by atoms with Crippen LogP contribution in [0.3, 0.4) is 0 Å². The molecule has 1 aliphatic carbocycles. The number of methoxy groups -OCH3 is 1. The molecule has 22 heavy (non-hydrogen) atoms. The smallest absolute Gasteiger partial charge is 0.261 e. The minimum atomic E-state index is -0.336. The van der Waals surface area contributed by atoms with Crippen LogP contribution in [0.1, 0.15) is 50.3 Å². The topological polar surface area (TPSA) is 75.7 Å². The fourth-order valence-electron chi connectivity index (χ4n) is 2.50. The van der Waals surface area contributed by atoms with Crippen molar-refractivity contribution in [3.8, 4) is 0 Å². The SMILES string of the molecule is COCCCN1C(=O)c2ccc(C(=O)NC3CC3)cc2C1=O. The Balaban J connectivity index is 1.77. The quantitative estimate of drug-likeness (QED) is 0.633. The van der Waals surface area contributed by atoms with Crippen LogP contribution in [-0.4, -0.2) is 48.9 Å². The average molecular weight is 302 g/mol. The number of hydrogen-bond acceptors (Lipinski definition) is 4. The molecular formula is C16H18N2O4. The molecular weight excluding hydrogens is 284 g/mol. The molecule has 0 atom stereocenters. The van der Waals surface area contributed by atoms with Crippen molar-refractivity contribution in [2.75, 3.05) is 20.3 Å². The molecule has 1 fully saturated rings. The van der Waals surface area contributed by atoms with Gasteiger partial charge in [-0.15, -0.1) is 0 Å². The highest BCUT2D eigenvalue weighted by atomic mass is 16.5. The predicted octanol–water partition coefficient (Wildman–Crippen LogP) is 1.21. The van der Waals surface area contributed by atoms with Gasteiger partial charge in [0, 0.05) is 31.9 Å². The van der Waals surface area contributed by atoms with Crippen molar-refractivity contribution in [2.24, 2.45) is 0 Å². The summed E-state index contributed by atoms with van der Waals surface area (Å²) in [5.41, 5.74) is 1.10. The lowest BCUT2D eigenvalue weighted by Gasteiger charge is -2.12. The Morgan fingerprint density at radius 3 is 2.68 bits per heavy atom. The maximum Gasteiger partial charge on any atom is 0.261 e. The van der Waals surface area contributed by atoms with E-state index in [9.17, 15) is 14.4 Å². The van der Waals surface area contributed by atoms with Crippen LogP contribution in [0.5, 0.6) is 0 Å². The van der Waals surface area contributed by atoms with E-state index in [1.807, 2.05) is 0 Å². The van der Waals surface area contributed by atoms with E-state index in [1.54, 1.807) is 19.2 Å². The van der Waals surface area contributed by atoms with E-state index in [0.717, 1.165) is 12.8 Å². The summed E-state index contributed by atoms with van der Waals surface area (Å²) in [5.74, 6) is -0.828. The van der Waals surface area contributed by atoms with Crippen molar-refractivity contribution < 1.29 is 19.1 Å². The van der Waals surface area contributed by atoms with Crippen LogP contribution in [-0.2, 0) is 4.74 Å². The second-order valence-electron chi connectivity index (χ2n) is 5.62. The van der Waals surface area contributed by atoms with E-state index in [2.05, 4.69) is 5.32 Å². The van der Waals surface area contributed by atoms with Crippen LogP contribution in [0.25, 0.3) is 0 Å². The maximum atomic E-state index is 12.3. The Morgan fingerprint density at radius 1 is 1.27 bits per heavy atom.